The Morgan fingerprint density at radius 2 is 2.21 bits per heavy atom. The van der Waals surface area contributed by atoms with Crippen LogP contribution in [-0.4, -0.2) is 23.2 Å². The molecule has 0 aliphatic rings. The van der Waals surface area contributed by atoms with Gasteiger partial charge >= 0.3 is 0 Å². The number of rotatable bonds is 4. The molecule has 2 rings (SSSR count). The van der Waals surface area contributed by atoms with E-state index in [1.807, 2.05) is 0 Å². The molecule has 0 amide bonds. The highest BCUT2D eigenvalue weighted by atomic mass is 79.9. The van der Waals surface area contributed by atoms with Gasteiger partial charge in [-0.2, -0.15) is 5.10 Å². The summed E-state index contributed by atoms with van der Waals surface area (Å²) in [5.41, 5.74) is 2.24. The maximum Gasteiger partial charge on any atom is 0.266 e. The maximum atomic E-state index is 12.2. The number of nitrogens with zero attached hydrogens (tertiary/aromatic N) is 3. The minimum absolute atomic E-state index is 0.0478. The molecule has 0 fully saturated rings. The van der Waals surface area contributed by atoms with Crippen molar-refractivity contribution in [3.63, 3.8) is 0 Å². The van der Waals surface area contributed by atoms with Crippen molar-refractivity contribution in [1.29, 1.82) is 0 Å². The number of nitrogens with two attached hydrogens (primary N) is 1. The van der Waals surface area contributed by atoms with Gasteiger partial charge < -0.3 is 5.43 Å². The third kappa shape index (κ3) is 3.03. The van der Waals surface area contributed by atoms with Gasteiger partial charge in [-0.1, -0.05) is 0 Å². The van der Waals surface area contributed by atoms with Crippen LogP contribution in [0.4, 0.5) is 11.6 Å². The van der Waals surface area contributed by atoms with E-state index in [-0.39, 0.29) is 16.5 Å². The normalized spacial score (nSPS) is 11.3. The average molecular weight is 347 g/mol. The Morgan fingerprint density at radius 3 is 2.79 bits per heavy atom. The van der Waals surface area contributed by atoms with E-state index in [0.717, 1.165) is 0 Å². The van der Waals surface area contributed by atoms with E-state index < -0.39 is 10.0 Å². The van der Waals surface area contributed by atoms with Crippen LogP contribution in [0.2, 0.25) is 0 Å². The molecule has 0 atom stereocenters. The van der Waals surface area contributed by atoms with Crippen molar-refractivity contribution < 1.29 is 8.42 Å². The van der Waals surface area contributed by atoms with Gasteiger partial charge in [-0.15, -0.1) is 0 Å². The fraction of sp³-hybridized carbons (Fsp3) is 0.111. The molecule has 8 nitrogen and oxygen atoms in total. The second-order valence-electron chi connectivity index (χ2n) is 3.62. The lowest BCUT2D eigenvalue weighted by Gasteiger charge is -2.09. The first-order valence-corrected chi connectivity index (χ1v) is 7.34. The van der Waals surface area contributed by atoms with E-state index in [1.54, 1.807) is 19.3 Å². The highest BCUT2D eigenvalue weighted by Crippen LogP contribution is 2.23. The van der Waals surface area contributed by atoms with Crippen LogP contribution in [0, 0.1) is 0 Å². The molecule has 2 aromatic rings. The zero-order valence-electron chi connectivity index (χ0n) is 9.83. The molecule has 19 heavy (non-hydrogen) atoms. The van der Waals surface area contributed by atoms with Crippen molar-refractivity contribution in [2.45, 2.75) is 4.90 Å². The Labute approximate surface area is 118 Å². The van der Waals surface area contributed by atoms with E-state index >= 15 is 0 Å². The molecule has 0 spiro atoms. The summed E-state index contributed by atoms with van der Waals surface area (Å²) in [7, 11) is -2.14. The van der Waals surface area contributed by atoms with E-state index in [9.17, 15) is 8.42 Å². The molecule has 0 aromatic carbocycles. The Morgan fingerprint density at radius 1 is 1.47 bits per heavy atom. The van der Waals surface area contributed by atoms with Crippen molar-refractivity contribution in [3.05, 3.63) is 29.0 Å². The van der Waals surface area contributed by atoms with Crippen molar-refractivity contribution in [1.82, 2.24) is 14.8 Å². The quantitative estimate of drug-likeness (QED) is 0.553. The zero-order chi connectivity index (χ0) is 14.0. The van der Waals surface area contributed by atoms with Gasteiger partial charge in [0.15, 0.2) is 11.6 Å². The van der Waals surface area contributed by atoms with Crippen LogP contribution in [0.5, 0.6) is 0 Å². The first kappa shape index (κ1) is 13.8. The topological polar surface area (TPSA) is 115 Å². The number of nitrogen functional groups attached to an aromatic ring is 1. The summed E-state index contributed by atoms with van der Waals surface area (Å²) in [5.74, 6) is 5.52. The van der Waals surface area contributed by atoms with Crippen LogP contribution in [-0.2, 0) is 17.1 Å². The molecule has 0 aliphatic heterocycles. The first-order valence-electron chi connectivity index (χ1n) is 5.07. The summed E-state index contributed by atoms with van der Waals surface area (Å²) >= 11 is 3.16. The number of pyridine rings is 1. The Balaban J connectivity index is 2.41. The molecule has 4 N–H and O–H groups in total. The average Bonchev–Trinajstić information content (AvgIpc) is 2.74. The van der Waals surface area contributed by atoms with Crippen LogP contribution in [0.25, 0.3) is 0 Å². The third-order valence-corrected chi connectivity index (χ3v) is 4.00. The molecular weight excluding hydrogens is 336 g/mol. The van der Waals surface area contributed by atoms with E-state index in [1.165, 1.54) is 16.9 Å². The number of halogens is 1. The van der Waals surface area contributed by atoms with Crippen LogP contribution in [0.15, 0.2) is 33.9 Å². The molecule has 10 heteroatoms. The molecule has 0 bridgehead atoms. The van der Waals surface area contributed by atoms with Gasteiger partial charge in [-0.05, 0) is 22.0 Å². The zero-order valence-corrected chi connectivity index (χ0v) is 12.2. The molecular formula is C9H11BrN6O2S. The van der Waals surface area contributed by atoms with Crippen LogP contribution in [0.1, 0.15) is 0 Å². The molecule has 0 radical (unpaired) electrons. The second-order valence-corrected chi connectivity index (χ2v) is 6.19. The van der Waals surface area contributed by atoms with E-state index in [4.69, 9.17) is 5.84 Å². The van der Waals surface area contributed by atoms with Crippen molar-refractivity contribution in [2.24, 2.45) is 12.9 Å². The maximum absolute atomic E-state index is 12.2. The molecule has 0 unspecified atom stereocenters. The molecule has 0 saturated heterocycles. The summed E-state index contributed by atoms with van der Waals surface area (Å²) < 4.78 is 28.8. The molecule has 2 aromatic heterocycles. The summed E-state index contributed by atoms with van der Waals surface area (Å²) in [6.07, 6.45) is 3.06. The second kappa shape index (κ2) is 5.15. The van der Waals surface area contributed by atoms with E-state index in [0.29, 0.717) is 4.47 Å². The van der Waals surface area contributed by atoms with Gasteiger partial charge in [0, 0.05) is 30.0 Å². The number of hydrogen-bond donors (Lipinski definition) is 3. The van der Waals surface area contributed by atoms with Gasteiger partial charge in [0.05, 0.1) is 0 Å². The predicted molar refractivity (Wildman–Crippen MR) is 73.8 cm³/mol. The van der Waals surface area contributed by atoms with Crippen molar-refractivity contribution >= 4 is 37.6 Å². The molecule has 0 saturated carbocycles. The van der Waals surface area contributed by atoms with Crippen LogP contribution in [0.3, 0.4) is 0 Å². The summed E-state index contributed by atoms with van der Waals surface area (Å²) in [5, 5.41) is 3.94. The molecule has 0 aliphatic carbocycles. The van der Waals surface area contributed by atoms with Crippen LogP contribution < -0.4 is 16.0 Å². The van der Waals surface area contributed by atoms with Gasteiger partial charge in [-0.25, -0.2) is 19.2 Å². The minimum atomic E-state index is -3.83. The first-order chi connectivity index (χ1) is 8.92. The largest absolute Gasteiger partial charge is 0.307 e. The SMILES string of the molecule is Cn1ccc(NS(=O)(=O)c2cc(Br)cnc2NN)n1. The lowest BCUT2D eigenvalue weighted by atomic mass is 10.5. The van der Waals surface area contributed by atoms with Crippen molar-refractivity contribution in [3.8, 4) is 0 Å². The summed E-state index contributed by atoms with van der Waals surface area (Å²) in [6.45, 7) is 0. The Bertz CT molecular complexity index is 698. The smallest absolute Gasteiger partial charge is 0.266 e. The Hall–Kier alpha value is -1.65. The standard InChI is InChI=1S/C9H11BrN6O2S/c1-16-3-2-8(14-16)15-19(17,18)7-4-6(10)5-12-9(7)13-11/h2-5H,11H2,1H3,(H,12,13)(H,14,15). The fourth-order valence-corrected chi connectivity index (χ4v) is 3.02. The van der Waals surface area contributed by atoms with Gasteiger partial charge in [0.2, 0.25) is 0 Å². The molecule has 2 heterocycles. The Kier molecular flexibility index (Phi) is 3.73. The van der Waals surface area contributed by atoms with Gasteiger partial charge in [-0.3, -0.25) is 9.40 Å². The summed E-state index contributed by atoms with van der Waals surface area (Å²) in [4.78, 5) is 3.81. The predicted octanol–water partition coefficient (Wildman–Crippen LogP) is 0.664. The number of aromatic nitrogens is 3. The highest BCUT2D eigenvalue weighted by Gasteiger charge is 2.21. The fourth-order valence-electron chi connectivity index (χ4n) is 1.40. The molecule has 102 valence electrons. The van der Waals surface area contributed by atoms with Gasteiger partial charge in [0.25, 0.3) is 10.0 Å². The lowest BCUT2D eigenvalue weighted by Crippen LogP contribution is -2.19. The highest BCUT2D eigenvalue weighted by molar-refractivity contribution is 9.10. The van der Waals surface area contributed by atoms with Crippen molar-refractivity contribution in [2.75, 3.05) is 10.1 Å². The van der Waals surface area contributed by atoms with Crippen LogP contribution >= 0.6 is 15.9 Å². The third-order valence-electron chi connectivity index (χ3n) is 2.20. The number of hydrogen-bond acceptors (Lipinski definition) is 6. The number of anilines is 2. The summed E-state index contributed by atoms with van der Waals surface area (Å²) in [6, 6.07) is 2.94. The minimum Gasteiger partial charge on any atom is -0.307 e. The van der Waals surface area contributed by atoms with E-state index in [2.05, 4.69) is 36.2 Å². The lowest BCUT2D eigenvalue weighted by molar-refractivity contribution is 0.600. The monoisotopic (exact) mass is 346 g/mol. The van der Waals surface area contributed by atoms with Gasteiger partial charge in [0.1, 0.15) is 4.90 Å². The number of nitrogens with one attached hydrogen (secondary N) is 2. The number of sulfonamides is 1. The number of aryl methyl sites for hydroxylation is 1. The number of hydrazine groups is 1.